The van der Waals surface area contributed by atoms with E-state index in [9.17, 15) is 9.59 Å². The first-order valence-corrected chi connectivity index (χ1v) is 6.98. The molecule has 0 aliphatic carbocycles. The van der Waals surface area contributed by atoms with Gasteiger partial charge in [0, 0.05) is 13.1 Å². The highest BCUT2D eigenvalue weighted by Gasteiger charge is 2.15. The number of hydrogen-bond acceptors (Lipinski definition) is 4. The highest BCUT2D eigenvalue weighted by atomic mass is 35.5. The van der Waals surface area contributed by atoms with Crippen LogP contribution in [0.4, 0.5) is 4.79 Å². The minimum Gasteiger partial charge on any atom is -0.444 e. The highest BCUT2D eigenvalue weighted by molar-refractivity contribution is 7.17. The first-order chi connectivity index (χ1) is 8.78. The minimum atomic E-state index is -0.527. The molecule has 0 spiro atoms. The quantitative estimate of drug-likeness (QED) is 0.840. The molecule has 106 valence electrons. The van der Waals surface area contributed by atoms with Gasteiger partial charge in [0.1, 0.15) is 5.60 Å². The summed E-state index contributed by atoms with van der Waals surface area (Å²) < 4.78 is 5.62. The molecule has 0 atom stereocenters. The molecule has 0 bridgehead atoms. The molecule has 19 heavy (non-hydrogen) atoms. The molecule has 0 saturated heterocycles. The van der Waals surface area contributed by atoms with Crippen molar-refractivity contribution in [1.82, 2.24) is 10.6 Å². The van der Waals surface area contributed by atoms with Gasteiger partial charge in [-0.25, -0.2) is 4.79 Å². The van der Waals surface area contributed by atoms with Crippen LogP contribution in [0.2, 0.25) is 4.34 Å². The first kappa shape index (κ1) is 15.8. The highest BCUT2D eigenvalue weighted by Crippen LogP contribution is 2.20. The maximum atomic E-state index is 11.6. The zero-order valence-corrected chi connectivity index (χ0v) is 12.7. The fourth-order valence-electron chi connectivity index (χ4n) is 1.18. The van der Waals surface area contributed by atoms with Crippen LogP contribution in [0.15, 0.2) is 12.1 Å². The van der Waals surface area contributed by atoms with E-state index in [-0.39, 0.29) is 5.91 Å². The predicted molar refractivity (Wildman–Crippen MR) is 75.9 cm³/mol. The zero-order valence-electron chi connectivity index (χ0n) is 11.1. The van der Waals surface area contributed by atoms with Gasteiger partial charge in [0.2, 0.25) is 0 Å². The van der Waals surface area contributed by atoms with E-state index in [2.05, 4.69) is 10.6 Å². The summed E-state index contributed by atoms with van der Waals surface area (Å²) in [5.74, 6) is -0.206. The first-order valence-electron chi connectivity index (χ1n) is 5.78. The van der Waals surface area contributed by atoms with Crippen LogP contribution in [0.5, 0.6) is 0 Å². The molecule has 0 aliphatic rings. The summed E-state index contributed by atoms with van der Waals surface area (Å²) in [7, 11) is 0. The van der Waals surface area contributed by atoms with Crippen LogP contribution in [-0.2, 0) is 4.74 Å². The summed E-state index contributed by atoms with van der Waals surface area (Å²) >= 11 is 6.94. The van der Waals surface area contributed by atoms with Gasteiger partial charge in [0.25, 0.3) is 5.91 Å². The van der Waals surface area contributed by atoms with Crippen molar-refractivity contribution >= 4 is 34.9 Å². The Bertz CT molecular complexity index is 454. The minimum absolute atomic E-state index is 0.206. The number of carbonyl (C=O) groups excluding carboxylic acids is 2. The van der Waals surface area contributed by atoms with E-state index in [1.165, 1.54) is 11.3 Å². The van der Waals surface area contributed by atoms with Gasteiger partial charge in [-0.3, -0.25) is 4.79 Å². The number of alkyl carbamates (subject to hydrolysis) is 1. The standard InChI is InChI=1S/C12H17ClN2O3S/c1-12(2,3)18-11(17)15-7-6-14-10(16)8-4-5-9(13)19-8/h4-5H,6-7H2,1-3H3,(H,14,16)(H,15,17). The molecule has 0 saturated carbocycles. The van der Waals surface area contributed by atoms with Gasteiger partial charge >= 0.3 is 6.09 Å². The lowest BCUT2D eigenvalue weighted by molar-refractivity contribution is 0.0526. The van der Waals surface area contributed by atoms with Crippen molar-refractivity contribution < 1.29 is 14.3 Å². The molecule has 0 fully saturated rings. The van der Waals surface area contributed by atoms with Crippen LogP contribution < -0.4 is 10.6 Å². The van der Waals surface area contributed by atoms with Gasteiger partial charge in [-0.05, 0) is 32.9 Å². The Labute approximate surface area is 121 Å². The van der Waals surface area contributed by atoms with Crippen LogP contribution in [-0.4, -0.2) is 30.7 Å². The zero-order chi connectivity index (χ0) is 14.5. The molecule has 2 N–H and O–H groups in total. The van der Waals surface area contributed by atoms with Crippen molar-refractivity contribution in [3.8, 4) is 0 Å². The molecule has 0 aliphatic heterocycles. The van der Waals surface area contributed by atoms with Gasteiger partial charge in [0.05, 0.1) is 9.21 Å². The molecular weight excluding hydrogens is 288 g/mol. The van der Waals surface area contributed by atoms with Crippen molar-refractivity contribution in [2.75, 3.05) is 13.1 Å². The molecule has 0 aromatic carbocycles. The van der Waals surface area contributed by atoms with Crippen molar-refractivity contribution in [1.29, 1.82) is 0 Å². The average molecular weight is 305 g/mol. The maximum Gasteiger partial charge on any atom is 0.407 e. The maximum absolute atomic E-state index is 11.6. The Morgan fingerprint density at radius 2 is 1.89 bits per heavy atom. The van der Waals surface area contributed by atoms with Crippen LogP contribution in [0, 0.1) is 0 Å². The largest absolute Gasteiger partial charge is 0.444 e. The van der Waals surface area contributed by atoms with E-state index in [4.69, 9.17) is 16.3 Å². The summed E-state index contributed by atoms with van der Waals surface area (Å²) in [6, 6.07) is 3.32. The Morgan fingerprint density at radius 1 is 1.26 bits per heavy atom. The lowest BCUT2D eigenvalue weighted by atomic mass is 10.2. The van der Waals surface area contributed by atoms with Crippen LogP contribution >= 0.6 is 22.9 Å². The molecule has 7 heteroatoms. The number of carbonyl (C=O) groups is 2. The van der Waals surface area contributed by atoms with E-state index in [1.54, 1.807) is 32.9 Å². The number of halogens is 1. The van der Waals surface area contributed by atoms with Gasteiger partial charge < -0.3 is 15.4 Å². The summed E-state index contributed by atoms with van der Waals surface area (Å²) in [5.41, 5.74) is -0.527. The van der Waals surface area contributed by atoms with Crippen LogP contribution in [0.25, 0.3) is 0 Å². The smallest absolute Gasteiger partial charge is 0.407 e. The van der Waals surface area contributed by atoms with Crippen LogP contribution in [0.3, 0.4) is 0 Å². The second-order valence-electron chi connectivity index (χ2n) is 4.79. The summed E-state index contributed by atoms with van der Waals surface area (Å²) in [4.78, 5) is 23.5. The van der Waals surface area contributed by atoms with Gasteiger partial charge in [-0.15, -0.1) is 11.3 Å². The monoisotopic (exact) mass is 304 g/mol. The van der Waals surface area contributed by atoms with Crippen LogP contribution in [0.1, 0.15) is 30.4 Å². The lowest BCUT2D eigenvalue weighted by Crippen LogP contribution is -2.37. The van der Waals surface area contributed by atoms with E-state index in [0.29, 0.717) is 22.3 Å². The number of hydrogen-bond donors (Lipinski definition) is 2. The molecule has 0 radical (unpaired) electrons. The second-order valence-corrected chi connectivity index (χ2v) is 6.50. The summed E-state index contributed by atoms with van der Waals surface area (Å²) in [5, 5.41) is 5.23. The summed E-state index contributed by atoms with van der Waals surface area (Å²) in [6.07, 6.45) is -0.499. The van der Waals surface area contributed by atoms with E-state index >= 15 is 0 Å². The fourth-order valence-corrected chi connectivity index (χ4v) is 2.14. The van der Waals surface area contributed by atoms with Crippen molar-refractivity contribution in [2.24, 2.45) is 0 Å². The average Bonchev–Trinajstić information content (AvgIpc) is 2.68. The number of nitrogens with one attached hydrogen (secondary N) is 2. The van der Waals surface area contributed by atoms with Crippen molar-refractivity contribution in [3.63, 3.8) is 0 Å². The van der Waals surface area contributed by atoms with Gasteiger partial charge in [-0.2, -0.15) is 0 Å². The Balaban J connectivity index is 2.21. The third kappa shape index (κ3) is 6.45. The lowest BCUT2D eigenvalue weighted by Gasteiger charge is -2.19. The number of rotatable bonds is 4. The SMILES string of the molecule is CC(C)(C)OC(=O)NCCNC(=O)c1ccc(Cl)s1. The molecule has 1 aromatic heterocycles. The molecule has 5 nitrogen and oxygen atoms in total. The van der Waals surface area contributed by atoms with E-state index in [1.807, 2.05) is 0 Å². The topological polar surface area (TPSA) is 67.4 Å². The molecule has 1 heterocycles. The number of ether oxygens (including phenoxy) is 1. The molecule has 0 unspecified atom stereocenters. The Kier molecular flexibility index (Phi) is 5.62. The van der Waals surface area contributed by atoms with Gasteiger partial charge in [-0.1, -0.05) is 11.6 Å². The second kappa shape index (κ2) is 6.77. The van der Waals surface area contributed by atoms with Gasteiger partial charge in [0.15, 0.2) is 0 Å². The third-order valence-corrected chi connectivity index (χ3v) is 3.11. The molecular formula is C12H17ClN2O3S. The molecule has 1 rings (SSSR count). The third-order valence-electron chi connectivity index (χ3n) is 1.88. The Morgan fingerprint density at radius 3 is 2.42 bits per heavy atom. The van der Waals surface area contributed by atoms with E-state index in [0.717, 1.165) is 0 Å². The normalized spacial score (nSPS) is 10.9. The van der Waals surface area contributed by atoms with Crippen molar-refractivity contribution in [3.05, 3.63) is 21.3 Å². The van der Waals surface area contributed by atoms with Crippen molar-refractivity contribution in [2.45, 2.75) is 26.4 Å². The fraction of sp³-hybridized carbons (Fsp3) is 0.500. The Hall–Kier alpha value is -1.27. The summed E-state index contributed by atoms with van der Waals surface area (Å²) in [6.45, 7) is 5.99. The molecule has 1 aromatic rings. The number of thiophene rings is 1. The number of amides is 2. The predicted octanol–water partition coefficient (Wildman–Crippen LogP) is 2.66. The molecule has 2 amide bonds. The van der Waals surface area contributed by atoms with E-state index < -0.39 is 11.7 Å².